The van der Waals surface area contributed by atoms with Crippen LogP contribution in [0.3, 0.4) is 0 Å². The Morgan fingerprint density at radius 1 is 1.23 bits per heavy atom. The summed E-state index contributed by atoms with van der Waals surface area (Å²) >= 11 is 0. The Bertz CT molecular complexity index is 644. The topological polar surface area (TPSA) is 76.4 Å². The number of halogens is 1. The van der Waals surface area contributed by atoms with Crippen molar-refractivity contribution in [2.45, 2.75) is 0 Å². The molecule has 0 fully saturated rings. The lowest BCUT2D eigenvalue weighted by atomic mass is 10.1. The second-order valence-corrected chi connectivity index (χ2v) is 4.69. The fraction of sp³-hybridized carbons (Fsp3) is 0.188. The molecular weight excluding hydrogens is 285 g/mol. The van der Waals surface area contributed by atoms with E-state index in [9.17, 15) is 9.18 Å². The maximum Gasteiger partial charge on any atom is 0.253 e. The number of carbonyl (C=O) groups excluding carboxylic acids is 1. The van der Waals surface area contributed by atoms with E-state index in [1.807, 2.05) is 0 Å². The zero-order valence-corrected chi connectivity index (χ0v) is 12.2. The second kappa shape index (κ2) is 7.42. The maximum atomic E-state index is 12.9. The SMILES string of the molecule is COCCNC(=O)c1cc(N)ccc1Nc1ccc(F)cc1. The number of ether oxygens (including phenoxy) is 1. The first kappa shape index (κ1) is 15.8. The number of hydrogen-bond acceptors (Lipinski definition) is 4. The van der Waals surface area contributed by atoms with Crippen LogP contribution in [-0.2, 0) is 4.74 Å². The molecule has 0 bridgehead atoms. The molecule has 0 radical (unpaired) electrons. The van der Waals surface area contributed by atoms with Crippen LogP contribution < -0.4 is 16.4 Å². The van der Waals surface area contributed by atoms with E-state index in [0.29, 0.717) is 35.8 Å². The van der Waals surface area contributed by atoms with Crippen LogP contribution in [0.15, 0.2) is 42.5 Å². The summed E-state index contributed by atoms with van der Waals surface area (Å²) in [6.45, 7) is 0.828. The van der Waals surface area contributed by atoms with Crippen LogP contribution >= 0.6 is 0 Å². The summed E-state index contributed by atoms with van der Waals surface area (Å²) in [5, 5.41) is 5.83. The van der Waals surface area contributed by atoms with Gasteiger partial charge in [0.2, 0.25) is 0 Å². The molecule has 116 valence electrons. The minimum absolute atomic E-state index is 0.256. The summed E-state index contributed by atoms with van der Waals surface area (Å²) < 4.78 is 17.8. The standard InChI is InChI=1S/C16H18FN3O2/c1-22-9-8-19-16(21)14-10-12(18)4-7-15(14)20-13-5-2-11(17)3-6-13/h2-7,10,20H,8-9,18H2,1H3,(H,19,21). The maximum absolute atomic E-state index is 12.9. The molecule has 2 rings (SSSR count). The van der Waals surface area contributed by atoms with Gasteiger partial charge in [0.1, 0.15) is 5.82 Å². The summed E-state index contributed by atoms with van der Waals surface area (Å²) in [5.74, 6) is -0.575. The quantitative estimate of drug-likeness (QED) is 0.566. The minimum atomic E-state index is -0.319. The van der Waals surface area contributed by atoms with Crippen LogP contribution in [0.1, 0.15) is 10.4 Å². The Kier molecular flexibility index (Phi) is 5.32. The molecule has 1 amide bonds. The molecular formula is C16H18FN3O2. The monoisotopic (exact) mass is 303 g/mol. The first-order chi connectivity index (χ1) is 10.6. The summed E-state index contributed by atoms with van der Waals surface area (Å²) in [4.78, 5) is 12.2. The number of carbonyl (C=O) groups is 1. The van der Waals surface area contributed by atoms with Gasteiger partial charge in [-0.15, -0.1) is 0 Å². The Balaban J connectivity index is 2.19. The highest BCUT2D eigenvalue weighted by Crippen LogP contribution is 2.23. The van der Waals surface area contributed by atoms with Crippen LogP contribution in [0.25, 0.3) is 0 Å². The van der Waals surface area contributed by atoms with Gasteiger partial charge in [0.05, 0.1) is 17.9 Å². The van der Waals surface area contributed by atoms with Crippen LogP contribution in [0, 0.1) is 5.82 Å². The molecule has 0 atom stereocenters. The zero-order valence-electron chi connectivity index (χ0n) is 12.2. The lowest BCUT2D eigenvalue weighted by molar-refractivity contribution is 0.0938. The molecule has 0 aromatic heterocycles. The molecule has 2 aromatic carbocycles. The number of nitrogen functional groups attached to an aromatic ring is 1. The van der Waals surface area contributed by atoms with E-state index in [-0.39, 0.29) is 11.7 Å². The summed E-state index contributed by atoms with van der Waals surface area (Å²) in [6.07, 6.45) is 0. The van der Waals surface area contributed by atoms with Crippen LogP contribution in [0.5, 0.6) is 0 Å². The number of hydrogen-bond donors (Lipinski definition) is 3. The molecule has 0 heterocycles. The normalized spacial score (nSPS) is 10.3. The molecule has 5 nitrogen and oxygen atoms in total. The number of benzene rings is 2. The van der Waals surface area contributed by atoms with Gasteiger partial charge in [-0.1, -0.05) is 0 Å². The third-order valence-electron chi connectivity index (χ3n) is 3.00. The fourth-order valence-corrected chi connectivity index (χ4v) is 1.91. The van der Waals surface area contributed by atoms with Crippen molar-refractivity contribution in [2.75, 3.05) is 31.3 Å². The van der Waals surface area contributed by atoms with E-state index in [0.717, 1.165) is 0 Å². The average molecular weight is 303 g/mol. The molecule has 0 spiro atoms. The fourth-order valence-electron chi connectivity index (χ4n) is 1.91. The summed E-state index contributed by atoms with van der Waals surface area (Å²) in [6, 6.07) is 10.9. The van der Waals surface area contributed by atoms with Gasteiger partial charge in [-0.2, -0.15) is 0 Å². The molecule has 0 aliphatic rings. The highest BCUT2D eigenvalue weighted by Gasteiger charge is 2.12. The molecule has 2 aromatic rings. The van der Waals surface area contributed by atoms with Crippen LogP contribution in [0.2, 0.25) is 0 Å². The van der Waals surface area contributed by atoms with Gasteiger partial charge in [-0.05, 0) is 42.5 Å². The lowest BCUT2D eigenvalue weighted by Gasteiger charge is -2.13. The Labute approximate surface area is 128 Å². The molecule has 0 saturated heterocycles. The van der Waals surface area contributed by atoms with Crippen molar-refractivity contribution in [2.24, 2.45) is 0 Å². The first-order valence-electron chi connectivity index (χ1n) is 6.79. The number of anilines is 3. The molecule has 22 heavy (non-hydrogen) atoms. The average Bonchev–Trinajstić information content (AvgIpc) is 2.51. The van der Waals surface area contributed by atoms with Gasteiger partial charge in [-0.25, -0.2) is 4.39 Å². The predicted molar refractivity (Wildman–Crippen MR) is 84.7 cm³/mol. The first-order valence-corrected chi connectivity index (χ1v) is 6.79. The van der Waals surface area contributed by atoms with Gasteiger partial charge < -0.3 is 21.1 Å². The third-order valence-corrected chi connectivity index (χ3v) is 3.00. The zero-order chi connectivity index (χ0) is 15.9. The number of nitrogens with two attached hydrogens (primary N) is 1. The van der Waals surface area contributed by atoms with E-state index in [4.69, 9.17) is 10.5 Å². The Morgan fingerprint density at radius 3 is 2.64 bits per heavy atom. The highest BCUT2D eigenvalue weighted by molar-refractivity contribution is 6.01. The van der Waals surface area contributed by atoms with E-state index in [2.05, 4.69) is 10.6 Å². The largest absolute Gasteiger partial charge is 0.399 e. The Morgan fingerprint density at radius 2 is 1.95 bits per heavy atom. The van der Waals surface area contributed by atoms with Gasteiger partial charge in [0.15, 0.2) is 0 Å². The number of nitrogens with one attached hydrogen (secondary N) is 2. The van der Waals surface area contributed by atoms with Crippen LogP contribution in [0.4, 0.5) is 21.5 Å². The van der Waals surface area contributed by atoms with Crippen molar-refractivity contribution in [1.29, 1.82) is 0 Å². The molecule has 4 N–H and O–H groups in total. The van der Waals surface area contributed by atoms with Crippen molar-refractivity contribution in [3.05, 3.63) is 53.8 Å². The molecule has 0 aliphatic carbocycles. The number of amides is 1. The van der Waals surface area contributed by atoms with Crippen LogP contribution in [-0.4, -0.2) is 26.2 Å². The van der Waals surface area contributed by atoms with Crippen molar-refractivity contribution in [3.63, 3.8) is 0 Å². The minimum Gasteiger partial charge on any atom is -0.399 e. The third kappa shape index (κ3) is 4.20. The number of methoxy groups -OCH3 is 1. The highest BCUT2D eigenvalue weighted by atomic mass is 19.1. The van der Waals surface area contributed by atoms with Crippen molar-refractivity contribution in [3.8, 4) is 0 Å². The van der Waals surface area contributed by atoms with E-state index in [1.54, 1.807) is 37.4 Å². The van der Waals surface area contributed by atoms with Gasteiger partial charge >= 0.3 is 0 Å². The van der Waals surface area contributed by atoms with Crippen molar-refractivity contribution < 1.29 is 13.9 Å². The molecule has 0 saturated carbocycles. The molecule has 0 unspecified atom stereocenters. The van der Waals surface area contributed by atoms with E-state index < -0.39 is 0 Å². The van der Waals surface area contributed by atoms with Crippen molar-refractivity contribution in [1.82, 2.24) is 5.32 Å². The Hall–Kier alpha value is -2.60. The van der Waals surface area contributed by atoms with E-state index >= 15 is 0 Å². The van der Waals surface area contributed by atoms with Gasteiger partial charge in [0, 0.05) is 25.0 Å². The molecule has 6 heteroatoms. The molecule has 0 aliphatic heterocycles. The second-order valence-electron chi connectivity index (χ2n) is 4.69. The van der Waals surface area contributed by atoms with Gasteiger partial charge in [0.25, 0.3) is 5.91 Å². The summed E-state index contributed by atoms with van der Waals surface area (Å²) in [7, 11) is 1.56. The van der Waals surface area contributed by atoms with Crippen molar-refractivity contribution >= 4 is 23.0 Å². The smallest absolute Gasteiger partial charge is 0.253 e. The lowest BCUT2D eigenvalue weighted by Crippen LogP contribution is -2.27. The van der Waals surface area contributed by atoms with E-state index in [1.165, 1.54) is 12.1 Å². The van der Waals surface area contributed by atoms with Gasteiger partial charge in [-0.3, -0.25) is 4.79 Å². The summed E-state index contributed by atoms with van der Waals surface area (Å²) in [5.41, 5.74) is 7.93. The number of rotatable bonds is 6. The predicted octanol–water partition coefficient (Wildman–Crippen LogP) is 2.53.